The van der Waals surface area contributed by atoms with Gasteiger partial charge in [-0.2, -0.15) is 5.10 Å². The second-order valence-electron chi connectivity index (χ2n) is 5.45. The molecule has 0 saturated carbocycles. The monoisotopic (exact) mass is 276 g/mol. The van der Waals surface area contributed by atoms with Crippen molar-refractivity contribution in [3.63, 3.8) is 0 Å². The van der Waals surface area contributed by atoms with Crippen molar-refractivity contribution < 1.29 is 4.39 Å². The lowest BCUT2D eigenvalue weighted by Gasteiger charge is -2.06. The van der Waals surface area contributed by atoms with Gasteiger partial charge in [0.2, 0.25) is 0 Å². The van der Waals surface area contributed by atoms with Crippen LogP contribution in [0.3, 0.4) is 0 Å². The lowest BCUT2D eigenvalue weighted by Crippen LogP contribution is -2.19. The predicted molar refractivity (Wildman–Crippen MR) is 76.8 cm³/mol. The van der Waals surface area contributed by atoms with Gasteiger partial charge in [0.25, 0.3) is 0 Å². The largest absolute Gasteiger partial charge is 0.310 e. The highest BCUT2D eigenvalue weighted by atomic mass is 19.1. The van der Waals surface area contributed by atoms with E-state index in [0.717, 1.165) is 23.5 Å². The summed E-state index contributed by atoms with van der Waals surface area (Å²) in [4.78, 5) is 4.26. The summed E-state index contributed by atoms with van der Waals surface area (Å²) in [7, 11) is 0. The Bertz CT molecular complexity index is 563. The van der Waals surface area contributed by atoms with Gasteiger partial charge in [-0.05, 0) is 42.6 Å². The molecule has 5 heteroatoms. The zero-order valence-corrected chi connectivity index (χ0v) is 12.2. The third kappa shape index (κ3) is 4.13. The normalized spacial score (nSPS) is 11.2. The lowest BCUT2D eigenvalue weighted by molar-refractivity contribution is 0.539. The molecule has 2 rings (SSSR count). The van der Waals surface area contributed by atoms with Crippen LogP contribution in [0.1, 0.15) is 30.8 Å². The van der Waals surface area contributed by atoms with Gasteiger partial charge in [0.15, 0.2) is 5.82 Å². The fourth-order valence-electron chi connectivity index (χ4n) is 1.95. The lowest BCUT2D eigenvalue weighted by atomic mass is 10.1. The van der Waals surface area contributed by atoms with Crippen LogP contribution in [0, 0.1) is 18.7 Å². The molecule has 0 fully saturated rings. The van der Waals surface area contributed by atoms with Crippen molar-refractivity contribution in [3.8, 4) is 0 Å². The summed E-state index contributed by atoms with van der Waals surface area (Å²) >= 11 is 0. The van der Waals surface area contributed by atoms with Crippen LogP contribution < -0.4 is 5.32 Å². The van der Waals surface area contributed by atoms with E-state index in [9.17, 15) is 4.39 Å². The summed E-state index contributed by atoms with van der Waals surface area (Å²) in [5.41, 5.74) is 1.98. The van der Waals surface area contributed by atoms with Crippen molar-refractivity contribution in [2.24, 2.45) is 5.92 Å². The molecule has 1 heterocycles. The Morgan fingerprint density at radius 1 is 1.35 bits per heavy atom. The third-order valence-electron chi connectivity index (χ3n) is 3.06. The van der Waals surface area contributed by atoms with Crippen LogP contribution in [0.15, 0.2) is 24.5 Å². The highest BCUT2D eigenvalue weighted by Crippen LogP contribution is 2.11. The van der Waals surface area contributed by atoms with Crippen molar-refractivity contribution in [1.29, 1.82) is 0 Å². The number of rotatable bonds is 6. The van der Waals surface area contributed by atoms with E-state index in [4.69, 9.17) is 0 Å². The molecule has 0 aliphatic rings. The summed E-state index contributed by atoms with van der Waals surface area (Å²) in [6.07, 6.45) is 1.69. The van der Waals surface area contributed by atoms with Gasteiger partial charge in [-0.1, -0.05) is 19.9 Å². The first kappa shape index (κ1) is 14.7. The number of aromatic nitrogens is 3. The Balaban J connectivity index is 1.97. The summed E-state index contributed by atoms with van der Waals surface area (Å²) in [6.45, 7) is 8.43. The Hall–Kier alpha value is -1.75. The molecule has 0 amide bonds. The maximum absolute atomic E-state index is 13.2. The molecule has 0 atom stereocenters. The second-order valence-corrected chi connectivity index (χ2v) is 5.45. The first-order valence-electron chi connectivity index (χ1n) is 6.88. The van der Waals surface area contributed by atoms with Gasteiger partial charge in [-0.3, -0.25) is 0 Å². The molecule has 4 nitrogen and oxygen atoms in total. The van der Waals surface area contributed by atoms with Crippen LogP contribution in [-0.4, -0.2) is 21.3 Å². The molecule has 0 aliphatic heterocycles. The van der Waals surface area contributed by atoms with Gasteiger partial charge >= 0.3 is 0 Å². The fraction of sp³-hybridized carbons (Fsp3) is 0.467. The van der Waals surface area contributed by atoms with Crippen LogP contribution in [0.4, 0.5) is 4.39 Å². The van der Waals surface area contributed by atoms with E-state index in [1.54, 1.807) is 23.1 Å². The molecule has 1 aromatic heterocycles. The molecular formula is C15H21FN4. The van der Waals surface area contributed by atoms with E-state index in [1.807, 2.05) is 6.92 Å². The van der Waals surface area contributed by atoms with E-state index < -0.39 is 0 Å². The topological polar surface area (TPSA) is 42.7 Å². The molecule has 0 aliphatic carbocycles. The third-order valence-corrected chi connectivity index (χ3v) is 3.06. The van der Waals surface area contributed by atoms with Gasteiger partial charge in [-0.15, -0.1) is 0 Å². The van der Waals surface area contributed by atoms with Crippen molar-refractivity contribution in [1.82, 2.24) is 20.1 Å². The first-order chi connectivity index (χ1) is 9.54. The van der Waals surface area contributed by atoms with Gasteiger partial charge in [0.1, 0.15) is 12.1 Å². The fourth-order valence-corrected chi connectivity index (χ4v) is 1.95. The molecule has 0 saturated heterocycles. The Kier molecular flexibility index (Phi) is 4.84. The zero-order chi connectivity index (χ0) is 14.5. The van der Waals surface area contributed by atoms with Crippen LogP contribution in [-0.2, 0) is 13.1 Å². The summed E-state index contributed by atoms with van der Waals surface area (Å²) < 4.78 is 15.0. The average molecular weight is 276 g/mol. The molecule has 108 valence electrons. The van der Waals surface area contributed by atoms with E-state index in [-0.39, 0.29) is 5.82 Å². The molecule has 1 aromatic carbocycles. The van der Waals surface area contributed by atoms with Gasteiger partial charge in [0, 0.05) is 0 Å². The minimum absolute atomic E-state index is 0.218. The number of hydrogen-bond acceptors (Lipinski definition) is 3. The van der Waals surface area contributed by atoms with Crippen LogP contribution >= 0.6 is 0 Å². The van der Waals surface area contributed by atoms with Crippen LogP contribution in [0.2, 0.25) is 0 Å². The SMILES string of the molecule is Cc1ccc(F)cc1Cn1cnc(CNCC(C)C)n1. The zero-order valence-electron chi connectivity index (χ0n) is 12.2. The molecule has 20 heavy (non-hydrogen) atoms. The number of nitrogens with one attached hydrogen (secondary N) is 1. The van der Waals surface area contributed by atoms with E-state index >= 15 is 0 Å². The van der Waals surface area contributed by atoms with Crippen molar-refractivity contribution >= 4 is 0 Å². The number of nitrogens with zero attached hydrogens (tertiary/aromatic N) is 3. The number of hydrogen-bond donors (Lipinski definition) is 1. The minimum atomic E-state index is -0.218. The first-order valence-corrected chi connectivity index (χ1v) is 6.88. The number of aryl methyl sites for hydroxylation is 1. The Morgan fingerprint density at radius 3 is 2.90 bits per heavy atom. The van der Waals surface area contributed by atoms with E-state index in [0.29, 0.717) is 19.0 Å². The van der Waals surface area contributed by atoms with Crippen molar-refractivity contribution in [2.75, 3.05) is 6.54 Å². The summed E-state index contributed by atoms with van der Waals surface area (Å²) in [6, 6.07) is 4.81. The smallest absolute Gasteiger partial charge is 0.164 e. The molecule has 0 radical (unpaired) electrons. The predicted octanol–water partition coefficient (Wildman–Crippen LogP) is 2.52. The Labute approximate surface area is 119 Å². The van der Waals surface area contributed by atoms with Crippen LogP contribution in [0.25, 0.3) is 0 Å². The quantitative estimate of drug-likeness (QED) is 0.881. The van der Waals surface area contributed by atoms with Crippen molar-refractivity contribution in [2.45, 2.75) is 33.9 Å². The van der Waals surface area contributed by atoms with Crippen LogP contribution in [0.5, 0.6) is 0 Å². The summed E-state index contributed by atoms with van der Waals surface area (Å²) in [5, 5.41) is 7.69. The van der Waals surface area contributed by atoms with E-state index in [2.05, 4.69) is 29.2 Å². The maximum atomic E-state index is 13.2. The van der Waals surface area contributed by atoms with Gasteiger partial charge in [-0.25, -0.2) is 14.1 Å². The average Bonchev–Trinajstić information content (AvgIpc) is 2.81. The number of benzene rings is 1. The highest BCUT2D eigenvalue weighted by Gasteiger charge is 2.05. The molecule has 0 unspecified atom stereocenters. The van der Waals surface area contributed by atoms with Gasteiger partial charge in [0.05, 0.1) is 13.1 Å². The molecule has 0 spiro atoms. The van der Waals surface area contributed by atoms with Crippen molar-refractivity contribution in [3.05, 3.63) is 47.3 Å². The Morgan fingerprint density at radius 2 is 2.15 bits per heavy atom. The molecular weight excluding hydrogens is 255 g/mol. The number of halogens is 1. The standard InChI is InChI=1S/C15H21FN4/c1-11(2)7-17-8-15-18-10-20(19-15)9-13-6-14(16)5-4-12(13)3/h4-6,10-11,17H,7-9H2,1-3H3. The minimum Gasteiger partial charge on any atom is -0.310 e. The maximum Gasteiger partial charge on any atom is 0.164 e. The molecule has 0 bridgehead atoms. The molecule has 1 N–H and O–H groups in total. The highest BCUT2D eigenvalue weighted by molar-refractivity contribution is 5.26. The summed E-state index contributed by atoms with van der Waals surface area (Å²) in [5.74, 6) is 1.15. The second kappa shape index (κ2) is 6.61. The van der Waals surface area contributed by atoms with Gasteiger partial charge < -0.3 is 5.32 Å². The molecule has 2 aromatic rings. The van der Waals surface area contributed by atoms with E-state index in [1.165, 1.54) is 6.07 Å².